The van der Waals surface area contributed by atoms with Gasteiger partial charge in [-0.1, -0.05) is 18.2 Å². The molecule has 0 aliphatic rings. The summed E-state index contributed by atoms with van der Waals surface area (Å²) in [6.45, 7) is 1.50. The molecule has 2 aromatic rings. The molecular weight excluding hydrogens is 216 g/mol. The van der Waals surface area contributed by atoms with Gasteiger partial charge in [-0.2, -0.15) is 0 Å². The van der Waals surface area contributed by atoms with Crippen LogP contribution in [0.25, 0.3) is 10.9 Å². The van der Waals surface area contributed by atoms with Gasteiger partial charge in [0.1, 0.15) is 5.54 Å². The quantitative estimate of drug-likeness (QED) is 0.839. The monoisotopic (exact) mass is 230 g/mol. The molecule has 0 radical (unpaired) electrons. The molecule has 0 aliphatic carbocycles. The number of benzene rings is 1. The van der Waals surface area contributed by atoms with Crippen molar-refractivity contribution >= 4 is 16.9 Å². The van der Waals surface area contributed by atoms with Crippen LogP contribution < -0.4 is 5.73 Å². The van der Waals surface area contributed by atoms with E-state index >= 15 is 0 Å². The van der Waals surface area contributed by atoms with Crippen LogP contribution in [0, 0.1) is 0 Å². The van der Waals surface area contributed by atoms with E-state index < -0.39 is 11.5 Å². The standard InChI is InChI=1S/C13H14N2O2/c1-13(14,12(16)17)7-9-6-10-4-2-3-5-11(10)15-8-9/h2-6,8H,7,14H2,1H3,(H,16,17)/t13-/m0/s1. The van der Waals surface area contributed by atoms with Gasteiger partial charge in [-0.05, 0) is 24.6 Å². The van der Waals surface area contributed by atoms with E-state index in [4.69, 9.17) is 10.8 Å². The van der Waals surface area contributed by atoms with E-state index in [1.165, 1.54) is 6.92 Å². The maximum atomic E-state index is 10.9. The summed E-state index contributed by atoms with van der Waals surface area (Å²) in [5.74, 6) is -1.01. The van der Waals surface area contributed by atoms with Crippen molar-refractivity contribution in [2.45, 2.75) is 18.9 Å². The Morgan fingerprint density at radius 1 is 1.47 bits per heavy atom. The fourth-order valence-corrected chi connectivity index (χ4v) is 1.71. The van der Waals surface area contributed by atoms with Crippen LogP contribution >= 0.6 is 0 Å². The molecule has 3 N–H and O–H groups in total. The molecule has 0 amide bonds. The van der Waals surface area contributed by atoms with Crippen LogP contribution in [0.2, 0.25) is 0 Å². The lowest BCUT2D eigenvalue weighted by molar-refractivity contribution is -0.142. The molecule has 17 heavy (non-hydrogen) atoms. The predicted molar refractivity (Wildman–Crippen MR) is 65.7 cm³/mol. The zero-order valence-corrected chi connectivity index (χ0v) is 9.55. The maximum absolute atomic E-state index is 10.9. The number of carbonyl (C=O) groups is 1. The second kappa shape index (κ2) is 4.14. The molecule has 2 rings (SSSR count). The van der Waals surface area contributed by atoms with Gasteiger partial charge in [-0.25, -0.2) is 0 Å². The summed E-state index contributed by atoms with van der Waals surface area (Å²) in [5.41, 5.74) is 6.17. The summed E-state index contributed by atoms with van der Waals surface area (Å²) >= 11 is 0. The number of para-hydroxylation sites is 1. The molecule has 0 spiro atoms. The molecule has 0 saturated carbocycles. The summed E-state index contributed by atoms with van der Waals surface area (Å²) in [4.78, 5) is 15.2. The van der Waals surface area contributed by atoms with Gasteiger partial charge in [-0.3, -0.25) is 9.78 Å². The lowest BCUT2D eigenvalue weighted by atomic mass is 9.94. The summed E-state index contributed by atoms with van der Waals surface area (Å²) in [7, 11) is 0. The smallest absolute Gasteiger partial charge is 0.323 e. The number of nitrogens with two attached hydrogens (primary N) is 1. The average Bonchev–Trinajstić information content (AvgIpc) is 2.28. The highest BCUT2D eigenvalue weighted by molar-refractivity contribution is 5.80. The van der Waals surface area contributed by atoms with Crippen LogP contribution in [0.5, 0.6) is 0 Å². The Hall–Kier alpha value is -1.94. The number of carboxylic acids is 1. The van der Waals surface area contributed by atoms with E-state index in [0.717, 1.165) is 16.5 Å². The van der Waals surface area contributed by atoms with Gasteiger partial charge in [0.2, 0.25) is 0 Å². The van der Waals surface area contributed by atoms with Gasteiger partial charge in [0, 0.05) is 18.0 Å². The van der Waals surface area contributed by atoms with Gasteiger partial charge in [0.05, 0.1) is 5.52 Å². The third-order valence-electron chi connectivity index (χ3n) is 2.71. The first-order chi connectivity index (χ1) is 7.99. The van der Waals surface area contributed by atoms with Crippen LogP contribution in [0.15, 0.2) is 36.5 Å². The highest BCUT2D eigenvalue weighted by atomic mass is 16.4. The van der Waals surface area contributed by atoms with Crippen molar-refractivity contribution in [3.63, 3.8) is 0 Å². The number of pyridine rings is 1. The first kappa shape index (κ1) is 11.5. The highest BCUT2D eigenvalue weighted by Gasteiger charge is 2.28. The Morgan fingerprint density at radius 3 is 2.88 bits per heavy atom. The van der Waals surface area contributed by atoms with Gasteiger partial charge < -0.3 is 10.8 Å². The largest absolute Gasteiger partial charge is 0.480 e. The summed E-state index contributed by atoms with van der Waals surface area (Å²) in [6.07, 6.45) is 1.94. The molecule has 0 unspecified atom stereocenters. The number of rotatable bonds is 3. The Bertz CT molecular complexity index is 564. The molecule has 4 nitrogen and oxygen atoms in total. The number of aromatic nitrogens is 1. The molecule has 1 aromatic heterocycles. The summed E-state index contributed by atoms with van der Waals surface area (Å²) < 4.78 is 0. The molecule has 0 aliphatic heterocycles. The summed E-state index contributed by atoms with van der Waals surface area (Å²) in [6, 6.07) is 9.63. The Labute approximate surface area is 99.1 Å². The van der Waals surface area contributed by atoms with Gasteiger partial charge >= 0.3 is 5.97 Å². The van der Waals surface area contributed by atoms with Crippen molar-refractivity contribution in [3.05, 3.63) is 42.1 Å². The van der Waals surface area contributed by atoms with Crippen molar-refractivity contribution in [1.29, 1.82) is 0 Å². The van der Waals surface area contributed by atoms with Crippen molar-refractivity contribution in [2.24, 2.45) is 5.73 Å². The fraction of sp³-hybridized carbons (Fsp3) is 0.231. The minimum atomic E-state index is -1.26. The first-order valence-electron chi connectivity index (χ1n) is 5.35. The van der Waals surface area contributed by atoms with Crippen LogP contribution in [0.4, 0.5) is 0 Å². The molecule has 1 heterocycles. The normalized spacial score (nSPS) is 14.5. The Kier molecular flexibility index (Phi) is 2.81. The number of carboxylic acid groups (broad SMARTS) is 1. The Balaban J connectivity index is 2.34. The highest BCUT2D eigenvalue weighted by Crippen LogP contribution is 2.16. The maximum Gasteiger partial charge on any atom is 0.323 e. The van der Waals surface area contributed by atoms with E-state index in [1.54, 1.807) is 6.20 Å². The molecule has 1 aromatic carbocycles. The van der Waals surface area contributed by atoms with Gasteiger partial charge in [0.15, 0.2) is 0 Å². The molecule has 88 valence electrons. The van der Waals surface area contributed by atoms with Crippen LogP contribution in [-0.4, -0.2) is 21.6 Å². The number of hydrogen-bond donors (Lipinski definition) is 2. The van der Waals surface area contributed by atoms with E-state index in [9.17, 15) is 4.79 Å². The van der Waals surface area contributed by atoms with Crippen molar-refractivity contribution in [1.82, 2.24) is 4.98 Å². The van der Waals surface area contributed by atoms with Crippen LogP contribution in [0.3, 0.4) is 0 Å². The SMILES string of the molecule is C[C@](N)(Cc1cnc2ccccc2c1)C(=O)O. The first-order valence-corrected chi connectivity index (χ1v) is 5.35. The van der Waals surface area contributed by atoms with Crippen LogP contribution in [0.1, 0.15) is 12.5 Å². The molecule has 0 bridgehead atoms. The number of fused-ring (bicyclic) bond motifs is 1. The third kappa shape index (κ3) is 2.42. The van der Waals surface area contributed by atoms with E-state index in [-0.39, 0.29) is 6.42 Å². The predicted octanol–water partition coefficient (Wildman–Crippen LogP) is 1.58. The molecule has 4 heteroatoms. The molecule has 0 fully saturated rings. The zero-order chi connectivity index (χ0) is 12.5. The number of nitrogens with zero attached hydrogens (tertiary/aromatic N) is 1. The van der Waals surface area contributed by atoms with E-state index in [1.807, 2.05) is 30.3 Å². The van der Waals surface area contributed by atoms with E-state index in [2.05, 4.69) is 4.98 Å². The minimum Gasteiger partial charge on any atom is -0.480 e. The zero-order valence-electron chi connectivity index (χ0n) is 9.55. The second-order valence-corrected chi connectivity index (χ2v) is 4.44. The third-order valence-corrected chi connectivity index (χ3v) is 2.71. The average molecular weight is 230 g/mol. The number of aliphatic carboxylic acids is 1. The second-order valence-electron chi connectivity index (χ2n) is 4.44. The topological polar surface area (TPSA) is 76.2 Å². The van der Waals surface area contributed by atoms with Crippen molar-refractivity contribution in [2.75, 3.05) is 0 Å². The van der Waals surface area contributed by atoms with Crippen LogP contribution in [-0.2, 0) is 11.2 Å². The van der Waals surface area contributed by atoms with Crippen molar-refractivity contribution in [3.8, 4) is 0 Å². The summed E-state index contributed by atoms with van der Waals surface area (Å²) in [5, 5.41) is 9.96. The minimum absolute atomic E-state index is 0.264. The lowest BCUT2D eigenvalue weighted by Crippen LogP contribution is -2.46. The van der Waals surface area contributed by atoms with Crippen molar-refractivity contribution < 1.29 is 9.90 Å². The molecule has 0 saturated heterocycles. The fourth-order valence-electron chi connectivity index (χ4n) is 1.71. The van der Waals surface area contributed by atoms with E-state index in [0.29, 0.717) is 0 Å². The molecule has 1 atom stereocenters. The molecular formula is C13H14N2O2. The van der Waals surface area contributed by atoms with Gasteiger partial charge in [-0.15, -0.1) is 0 Å². The Morgan fingerprint density at radius 2 is 2.18 bits per heavy atom. The lowest BCUT2D eigenvalue weighted by Gasteiger charge is -2.18. The number of hydrogen-bond acceptors (Lipinski definition) is 3. The van der Waals surface area contributed by atoms with Gasteiger partial charge in [0.25, 0.3) is 0 Å².